The number of carboxylic acid groups (broad SMARTS) is 1. The lowest BCUT2D eigenvalue weighted by molar-refractivity contribution is -0.137. The van der Waals surface area contributed by atoms with E-state index in [1.165, 1.54) is 0 Å². The van der Waals surface area contributed by atoms with Gasteiger partial charge in [-0.15, -0.1) is 0 Å². The van der Waals surface area contributed by atoms with Crippen molar-refractivity contribution in [2.24, 2.45) is 5.73 Å². The second-order valence-corrected chi connectivity index (χ2v) is 4.59. The lowest BCUT2D eigenvalue weighted by Crippen LogP contribution is -2.43. The molecule has 0 aliphatic rings. The number of carbonyl (C=O) groups is 3. The normalized spacial score (nSPS) is 9.95. The third-order valence-corrected chi connectivity index (χ3v) is 2.70. The van der Waals surface area contributed by atoms with Crippen LogP contribution in [0, 0.1) is 0 Å². The van der Waals surface area contributed by atoms with Gasteiger partial charge in [0.1, 0.15) is 13.1 Å². The highest BCUT2D eigenvalue weighted by Gasteiger charge is 2.18. The number of hydrogen-bond donors (Lipinski definition) is 3. The van der Waals surface area contributed by atoms with Crippen molar-refractivity contribution in [3.63, 3.8) is 0 Å². The monoisotopic (exact) mass is 293 g/mol. The van der Waals surface area contributed by atoms with Crippen LogP contribution in [-0.2, 0) is 16.0 Å². The zero-order chi connectivity index (χ0) is 15.8. The molecule has 0 unspecified atom stereocenters. The minimum absolute atomic E-state index is 0.452. The first kappa shape index (κ1) is 16.5. The number of carbonyl (C=O) groups excluding carboxylic acids is 2. The van der Waals surface area contributed by atoms with E-state index in [2.05, 4.69) is 12.2 Å². The Balaban J connectivity index is 2.71. The number of hydrogen-bond acceptors (Lipinski definition) is 3. The molecule has 114 valence electrons. The van der Waals surface area contributed by atoms with Crippen LogP contribution in [0.15, 0.2) is 24.3 Å². The zero-order valence-electron chi connectivity index (χ0n) is 11.8. The van der Waals surface area contributed by atoms with Crippen LogP contribution in [0.5, 0.6) is 0 Å². The highest BCUT2D eigenvalue weighted by Crippen LogP contribution is 2.11. The molecule has 0 radical (unpaired) electrons. The first-order chi connectivity index (χ1) is 9.92. The summed E-state index contributed by atoms with van der Waals surface area (Å²) in [5.74, 6) is -1.99. The van der Waals surface area contributed by atoms with Gasteiger partial charge in [0.15, 0.2) is 0 Å². The van der Waals surface area contributed by atoms with Gasteiger partial charge in [-0.05, 0) is 24.1 Å². The van der Waals surface area contributed by atoms with Crippen molar-refractivity contribution in [1.29, 1.82) is 0 Å². The molecule has 0 aliphatic carbocycles. The Morgan fingerprint density at radius 1 is 1.19 bits per heavy atom. The lowest BCUT2D eigenvalue weighted by atomic mass is 10.1. The molecule has 0 spiro atoms. The van der Waals surface area contributed by atoms with E-state index < -0.39 is 31.0 Å². The quantitative estimate of drug-likeness (QED) is 0.697. The molecule has 7 heteroatoms. The number of nitrogens with zero attached hydrogens (tertiary/aromatic N) is 1. The number of carboxylic acids is 1. The van der Waals surface area contributed by atoms with Gasteiger partial charge in [-0.1, -0.05) is 25.5 Å². The van der Waals surface area contributed by atoms with E-state index in [-0.39, 0.29) is 0 Å². The van der Waals surface area contributed by atoms with E-state index in [0.717, 1.165) is 23.3 Å². The van der Waals surface area contributed by atoms with Crippen LogP contribution in [0.25, 0.3) is 0 Å². The fraction of sp³-hybridized carbons (Fsp3) is 0.357. The van der Waals surface area contributed by atoms with Crippen molar-refractivity contribution in [1.82, 2.24) is 4.90 Å². The van der Waals surface area contributed by atoms with E-state index in [1.807, 2.05) is 12.1 Å². The molecule has 0 bridgehead atoms. The standard InChI is InChI=1S/C14H19N3O4/c1-2-3-10-4-6-11(7-5-10)16-14(21)17(8-12(15)18)9-13(19)20/h4-7H,2-3,8-9H2,1H3,(H2,15,18)(H,16,21)(H,19,20). The Hall–Kier alpha value is -2.57. The predicted molar refractivity (Wildman–Crippen MR) is 77.9 cm³/mol. The van der Waals surface area contributed by atoms with Crippen LogP contribution in [0.3, 0.4) is 0 Å². The molecule has 4 N–H and O–H groups in total. The highest BCUT2D eigenvalue weighted by molar-refractivity contribution is 5.93. The average molecular weight is 293 g/mol. The number of aryl methyl sites for hydroxylation is 1. The molecule has 0 aliphatic heterocycles. The van der Waals surface area contributed by atoms with Gasteiger partial charge in [-0.25, -0.2) is 4.79 Å². The third-order valence-electron chi connectivity index (χ3n) is 2.70. The van der Waals surface area contributed by atoms with Crippen LogP contribution in [0.1, 0.15) is 18.9 Å². The molecule has 1 aromatic carbocycles. The summed E-state index contributed by atoms with van der Waals surface area (Å²) in [5, 5.41) is 11.3. The van der Waals surface area contributed by atoms with Crippen molar-refractivity contribution in [2.45, 2.75) is 19.8 Å². The van der Waals surface area contributed by atoms with Gasteiger partial charge in [0, 0.05) is 5.69 Å². The van der Waals surface area contributed by atoms with Crippen molar-refractivity contribution < 1.29 is 19.5 Å². The van der Waals surface area contributed by atoms with Crippen molar-refractivity contribution in [2.75, 3.05) is 18.4 Å². The maximum Gasteiger partial charge on any atom is 0.323 e. The molecule has 7 nitrogen and oxygen atoms in total. The molecule has 1 rings (SSSR count). The largest absolute Gasteiger partial charge is 0.480 e. The molecule has 0 saturated carbocycles. The van der Waals surface area contributed by atoms with Crippen molar-refractivity contribution in [3.05, 3.63) is 29.8 Å². The first-order valence-electron chi connectivity index (χ1n) is 6.57. The second kappa shape index (κ2) is 7.88. The summed E-state index contributed by atoms with van der Waals surface area (Å²) in [5.41, 5.74) is 6.68. The summed E-state index contributed by atoms with van der Waals surface area (Å²) < 4.78 is 0. The van der Waals surface area contributed by atoms with Crippen LogP contribution >= 0.6 is 0 Å². The smallest absolute Gasteiger partial charge is 0.323 e. The summed E-state index contributed by atoms with van der Waals surface area (Å²) in [7, 11) is 0. The fourth-order valence-electron chi connectivity index (χ4n) is 1.80. The molecule has 0 saturated heterocycles. The average Bonchev–Trinajstić information content (AvgIpc) is 2.39. The minimum atomic E-state index is -1.22. The SMILES string of the molecule is CCCc1ccc(NC(=O)N(CC(N)=O)CC(=O)O)cc1. The molecule has 0 atom stereocenters. The highest BCUT2D eigenvalue weighted by atomic mass is 16.4. The minimum Gasteiger partial charge on any atom is -0.480 e. The number of benzene rings is 1. The number of primary amides is 1. The van der Waals surface area contributed by atoms with E-state index in [9.17, 15) is 14.4 Å². The zero-order valence-corrected chi connectivity index (χ0v) is 11.8. The lowest BCUT2D eigenvalue weighted by Gasteiger charge is -2.19. The van der Waals surface area contributed by atoms with Gasteiger partial charge >= 0.3 is 12.0 Å². The molecule has 3 amide bonds. The van der Waals surface area contributed by atoms with Crippen LogP contribution in [0.2, 0.25) is 0 Å². The Labute approximate surface area is 122 Å². The number of aliphatic carboxylic acids is 1. The number of anilines is 1. The van der Waals surface area contributed by atoms with Gasteiger partial charge in [0.05, 0.1) is 0 Å². The summed E-state index contributed by atoms with van der Waals surface area (Å²) in [6, 6.07) is 6.54. The van der Waals surface area contributed by atoms with Gasteiger partial charge in [-0.3, -0.25) is 9.59 Å². The van der Waals surface area contributed by atoms with Crippen LogP contribution in [-0.4, -0.2) is 41.0 Å². The van der Waals surface area contributed by atoms with Gasteiger partial charge in [-0.2, -0.15) is 0 Å². The molecular weight excluding hydrogens is 274 g/mol. The Bertz CT molecular complexity index is 497. The van der Waals surface area contributed by atoms with E-state index in [0.29, 0.717) is 5.69 Å². The molecule has 1 aromatic rings. The number of urea groups is 1. The van der Waals surface area contributed by atoms with E-state index >= 15 is 0 Å². The Kier molecular flexibility index (Phi) is 6.19. The van der Waals surface area contributed by atoms with Gasteiger partial charge in [0.2, 0.25) is 5.91 Å². The topological polar surface area (TPSA) is 113 Å². The molecule has 0 fully saturated rings. The summed E-state index contributed by atoms with van der Waals surface area (Å²) >= 11 is 0. The van der Waals surface area contributed by atoms with Gasteiger partial charge in [0.25, 0.3) is 0 Å². The third kappa shape index (κ3) is 5.94. The van der Waals surface area contributed by atoms with Crippen LogP contribution in [0.4, 0.5) is 10.5 Å². The number of nitrogens with one attached hydrogen (secondary N) is 1. The molecule has 0 heterocycles. The number of amides is 3. The number of nitrogens with two attached hydrogens (primary N) is 1. The maximum atomic E-state index is 11.9. The Morgan fingerprint density at radius 3 is 2.29 bits per heavy atom. The van der Waals surface area contributed by atoms with E-state index in [1.54, 1.807) is 12.1 Å². The van der Waals surface area contributed by atoms with Gasteiger partial charge < -0.3 is 21.1 Å². The summed E-state index contributed by atoms with van der Waals surface area (Å²) in [4.78, 5) is 34.3. The van der Waals surface area contributed by atoms with Crippen molar-refractivity contribution in [3.8, 4) is 0 Å². The maximum absolute atomic E-state index is 11.9. The molecule has 0 aromatic heterocycles. The second-order valence-electron chi connectivity index (χ2n) is 4.59. The summed E-state index contributed by atoms with van der Waals surface area (Å²) in [6.07, 6.45) is 1.97. The number of rotatable bonds is 7. The molecule has 21 heavy (non-hydrogen) atoms. The van der Waals surface area contributed by atoms with E-state index in [4.69, 9.17) is 10.8 Å². The van der Waals surface area contributed by atoms with Crippen molar-refractivity contribution >= 4 is 23.6 Å². The first-order valence-corrected chi connectivity index (χ1v) is 6.57. The Morgan fingerprint density at radius 2 is 1.81 bits per heavy atom. The molecular formula is C14H19N3O4. The fourth-order valence-corrected chi connectivity index (χ4v) is 1.80. The summed E-state index contributed by atoms with van der Waals surface area (Å²) in [6.45, 7) is 1.03. The van der Waals surface area contributed by atoms with Crippen LogP contribution < -0.4 is 11.1 Å². The predicted octanol–water partition coefficient (Wildman–Crippen LogP) is 1.04.